The van der Waals surface area contributed by atoms with E-state index in [0.717, 1.165) is 4.57 Å². The van der Waals surface area contributed by atoms with Crippen LogP contribution in [0.25, 0.3) is 33.5 Å². The Morgan fingerprint density at radius 3 is 1.29 bits per heavy atom. The lowest BCUT2D eigenvalue weighted by molar-refractivity contribution is -0.0549. The predicted molar refractivity (Wildman–Crippen MR) is 350 cm³/mol. The molecule has 7 aromatic rings. The third-order valence-electron chi connectivity index (χ3n) is 14.5. The lowest BCUT2D eigenvalue weighted by atomic mass is 10.1. The standard InChI is InChI=1S/C15H20ClN5O5.C15H20FN5O6.C15H21N5O6.C14H21N3O7/c1-15(2,3)26-14(24)19-11-10-12(20-13(16)18-11)21(6-17-10)9-4-7(23)8(5-22)25-9;1-15(2,3)27-14(25)19-10-7-11(20-13(16)18-10)21(5-17-7)12-9(24)8(23)6(4-22)26-12;1-15(2,3)26-14(24)19-11-8-12(17-5-16-11)20(6-18-8)13-10(23)9(22)7(4-21)25-13;1-14(2,3)24-13(22)16-8-4-5-17(12(21)15-8)11-10(20)9(19)7(6-18)23-11/h6-9,22-23H,4-5H2,1-3H3,(H,18,19,20,24);5-6,8-9,12,22-24H,4H2,1-3H3,(H,18,19,20,25);5-7,9-10,13,21-23H,4H2,1-3H3,(H,16,17,19,24);4-5,7,9-11,18-20H,6H2,1-3H3,(H,15,16,21,22)/t7-,8-,9-;6-,8+,9?,12-;7-,9+,10?,13-;7-,9+,10?,11-/m1111/s1. The number of rotatable bonds is 12. The van der Waals surface area contributed by atoms with Gasteiger partial charge in [-0.15, -0.1) is 0 Å². The summed E-state index contributed by atoms with van der Waals surface area (Å²) in [6.45, 7) is 18.7. The Hall–Kier alpha value is -8.77. The average molecular weight is 1480 g/mol. The Kier molecular flexibility index (Phi) is 25.2. The van der Waals surface area contributed by atoms with Crippen LogP contribution in [-0.4, -0.2) is 265 Å². The minimum absolute atomic E-state index is 0.0278. The molecule has 4 aliphatic rings. The number of hydrogen-bond donors (Lipinski definition) is 15. The zero-order chi connectivity index (χ0) is 76.1. The summed E-state index contributed by atoms with van der Waals surface area (Å²) in [7, 11) is 0. The molecule has 42 nitrogen and oxygen atoms in total. The van der Waals surface area contributed by atoms with Crippen LogP contribution in [-0.2, 0) is 37.9 Å². The topological polar surface area (TPSA) is 578 Å². The first-order valence-corrected chi connectivity index (χ1v) is 31.9. The Labute approximate surface area is 587 Å². The van der Waals surface area contributed by atoms with Gasteiger partial charge < -0.3 is 94.1 Å². The van der Waals surface area contributed by atoms with Gasteiger partial charge in [0.15, 0.2) is 69.6 Å². The highest BCUT2D eigenvalue weighted by atomic mass is 35.5. The lowest BCUT2D eigenvalue weighted by Gasteiger charge is -2.20. The second kappa shape index (κ2) is 32.5. The van der Waals surface area contributed by atoms with E-state index >= 15 is 0 Å². The molecule has 15 atom stereocenters. The highest BCUT2D eigenvalue weighted by Gasteiger charge is 2.47. The Bertz CT molecular complexity index is 4180. The van der Waals surface area contributed by atoms with Crippen molar-refractivity contribution in [1.82, 2.24) is 68.1 Å². The number of imidazole rings is 3. The van der Waals surface area contributed by atoms with E-state index in [9.17, 15) is 79.4 Å². The van der Waals surface area contributed by atoms with Crippen LogP contribution in [0.5, 0.6) is 0 Å². The van der Waals surface area contributed by atoms with Crippen molar-refractivity contribution in [3.8, 4) is 0 Å². The van der Waals surface area contributed by atoms with E-state index in [4.69, 9.17) is 54.6 Å². The quantitative estimate of drug-likeness (QED) is 0.0581. The maximum Gasteiger partial charge on any atom is 0.413 e. The molecule has 15 N–H and O–H groups in total. The van der Waals surface area contributed by atoms with Gasteiger partial charge in [-0.1, -0.05) is 0 Å². The molecular weight excluding hydrogens is 1400 g/mol. The summed E-state index contributed by atoms with van der Waals surface area (Å²) < 4.78 is 61.3. The molecule has 0 aliphatic carbocycles. The SMILES string of the molecule is CC(C)(C)OC(=O)Nc1ccn([C@@H]2O[C@H](CO)[C@H](O)C2O)c(=O)n1.CC(C)(C)OC(=O)Nc1nc(Cl)nc2c1ncn2[C@H]1C[C@@H](O)[C@@H](CO)O1.CC(C)(C)OC(=O)Nc1nc(F)nc2c1ncn2[C@@H]1O[C@H](CO)[C@H](O)C1O.CC(C)(C)OC(=O)Nc1ncnc2c1ncn2[C@@H]1O[C@H](CO)[C@H](O)C1O. The van der Waals surface area contributed by atoms with Crippen molar-refractivity contribution in [3.05, 3.63) is 59.4 Å². The summed E-state index contributed by atoms with van der Waals surface area (Å²) in [5.41, 5.74) is -2.52. The van der Waals surface area contributed by atoms with Crippen LogP contribution >= 0.6 is 11.6 Å². The molecule has 11 heterocycles. The van der Waals surface area contributed by atoms with E-state index < -0.39 is 170 Å². The molecule has 0 radical (unpaired) electrons. The molecule has 4 fully saturated rings. The molecule has 44 heteroatoms. The number of carbonyl (C=O) groups excluding carboxylic acids is 4. The second-order valence-corrected chi connectivity index (χ2v) is 27.5. The molecule has 0 bridgehead atoms. The number of hydrogen-bond acceptors (Lipinski definition) is 34. The molecule has 7 aromatic heterocycles. The highest BCUT2D eigenvalue weighted by molar-refractivity contribution is 6.28. The highest BCUT2D eigenvalue weighted by Crippen LogP contribution is 2.36. The van der Waals surface area contributed by atoms with Crippen LogP contribution in [0.3, 0.4) is 0 Å². The molecular formula is C59H82ClFN18O24. The monoisotopic (exact) mass is 1480 g/mol. The smallest absolute Gasteiger partial charge is 0.413 e. The molecule has 11 rings (SSSR count). The van der Waals surface area contributed by atoms with E-state index in [1.807, 2.05) is 0 Å². The molecule has 0 spiro atoms. The lowest BCUT2D eigenvalue weighted by Crippen LogP contribution is -2.36. The number of fused-ring (bicyclic) bond motifs is 3. The Balaban J connectivity index is 0.000000174. The fraction of sp³-hybridized carbons (Fsp3) is 0.610. The third kappa shape index (κ3) is 19.9. The molecule has 103 heavy (non-hydrogen) atoms. The maximum absolute atomic E-state index is 13.9. The van der Waals surface area contributed by atoms with Gasteiger partial charge in [-0.05, 0) is 101 Å². The van der Waals surface area contributed by atoms with Crippen LogP contribution < -0.4 is 27.0 Å². The van der Waals surface area contributed by atoms with Crippen molar-refractivity contribution in [2.75, 3.05) is 47.7 Å². The minimum Gasteiger partial charge on any atom is -0.444 e. The van der Waals surface area contributed by atoms with Gasteiger partial charge in [0.25, 0.3) is 0 Å². The van der Waals surface area contributed by atoms with Crippen LogP contribution in [0.1, 0.15) is 114 Å². The molecule has 4 amide bonds. The number of nitrogens with one attached hydrogen (secondary N) is 4. The van der Waals surface area contributed by atoms with Crippen LogP contribution in [0.2, 0.25) is 5.28 Å². The molecule has 4 aliphatic heterocycles. The first-order valence-electron chi connectivity index (χ1n) is 31.5. The number of carbonyl (C=O) groups is 4. The summed E-state index contributed by atoms with van der Waals surface area (Å²) in [6.07, 6.45) is -13.8. The zero-order valence-corrected chi connectivity index (χ0v) is 58.2. The average Bonchev–Trinajstić information content (AvgIpc) is 1.64. The Morgan fingerprint density at radius 2 is 0.874 bits per heavy atom. The number of ether oxygens (including phenoxy) is 8. The van der Waals surface area contributed by atoms with E-state index in [1.165, 1.54) is 46.7 Å². The van der Waals surface area contributed by atoms with Gasteiger partial charge >= 0.3 is 36.1 Å². The number of aliphatic hydroxyl groups excluding tert-OH is 11. The summed E-state index contributed by atoms with van der Waals surface area (Å²) in [4.78, 5) is 99.1. The van der Waals surface area contributed by atoms with E-state index in [0.29, 0.717) is 11.2 Å². The number of aromatic nitrogens is 14. The second-order valence-electron chi connectivity index (χ2n) is 27.2. The van der Waals surface area contributed by atoms with Gasteiger partial charge in [-0.25, -0.2) is 48.9 Å². The van der Waals surface area contributed by atoms with Gasteiger partial charge in [0.2, 0.25) is 5.28 Å². The summed E-state index contributed by atoms with van der Waals surface area (Å²) in [6, 6.07) is 1.32. The largest absolute Gasteiger partial charge is 0.444 e. The van der Waals surface area contributed by atoms with Crippen molar-refractivity contribution >= 4 is 92.7 Å². The van der Waals surface area contributed by atoms with Gasteiger partial charge in [0.1, 0.15) is 102 Å². The minimum atomic E-state index is -1.40. The van der Waals surface area contributed by atoms with Crippen LogP contribution in [0.15, 0.2) is 42.4 Å². The molecule has 566 valence electrons. The number of halogens is 2. The number of aliphatic hydroxyl groups is 11. The fourth-order valence-corrected chi connectivity index (χ4v) is 10.3. The first-order chi connectivity index (χ1) is 48.1. The summed E-state index contributed by atoms with van der Waals surface area (Å²) >= 11 is 5.97. The van der Waals surface area contributed by atoms with Gasteiger partial charge in [0.05, 0.1) is 51.5 Å². The molecule has 0 saturated carbocycles. The van der Waals surface area contributed by atoms with Crippen LogP contribution in [0.4, 0.5) is 46.8 Å². The van der Waals surface area contributed by atoms with Crippen molar-refractivity contribution in [3.63, 3.8) is 0 Å². The maximum atomic E-state index is 13.9. The van der Waals surface area contributed by atoms with E-state index in [1.54, 1.807) is 87.7 Å². The van der Waals surface area contributed by atoms with Crippen molar-refractivity contribution in [2.24, 2.45) is 0 Å². The van der Waals surface area contributed by atoms with Gasteiger partial charge in [-0.3, -0.25) is 39.5 Å². The predicted octanol–water partition coefficient (Wildman–Crippen LogP) is 0.378. The number of amides is 4. The zero-order valence-electron chi connectivity index (χ0n) is 57.4. The first kappa shape index (κ1) is 79.9. The molecule has 0 aromatic carbocycles. The number of nitrogens with zero attached hydrogens (tertiary/aromatic N) is 14. The van der Waals surface area contributed by atoms with Gasteiger partial charge in [0, 0.05) is 12.6 Å². The van der Waals surface area contributed by atoms with Gasteiger partial charge in [-0.2, -0.15) is 29.3 Å². The fourth-order valence-electron chi connectivity index (χ4n) is 10.1. The van der Waals surface area contributed by atoms with Crippen LogP contribution in [0, 0.1) is 6.08 Å². The van der Waals surface area contributed by atoms with Crippen molar-refractivity contribution < 1.29 is 118 Å². The molecule has 4 saturated heterocycles. The summed E-state index contributed by atoms with van der Waals surface area (Å²) in [5.74, 6) is -0.0190. The van der Waals surface area contributed by atoms with Crippen molar-refractivity contribution in [1.29, 1.82) is 0 Å². The number of anilines is 4. The summed E-state index contributed by atoms with van der Waals surface area (Å²) in [5, 5.41) is 116. The normalized spacial score (nSPS) is 25.6. The third-order valence-corrected chi connectivity index (χ3v) is 14.7. The van der Waals surface area contributed by atoms with E-state index in [2.05, 4.69) is 71.1 Å². The molecule has 3 unspecified atom stereocenters. The van der Waals surface area contributed by atoms with Crippen molar-refractivity contribution in [2.45, 2.75) is 204 Å². The van der Waals surface area contributed by atoms with E-state index in [-0.39, 0.29) is 63.9 Å². The Morgan fingerprint density at radius 1 is 0.485 bits per heavy atom.